The molecule has 0 aromatic carbocycles. The molecule has 0 spiro atoms. The van der Waals surface area contributed by atoms with E-state index in [1.54, 1.807) is 0 Å². The average Bonchev–Trinajstić information content (AvgIpc) is 2.77. The quantitative estimate of drug-likeness (QED) is 0.755. The van der Waals surface area contributed by atoms with E-state index in [0.717, 1.165) is 12.8 Å². The highest BCUT2D eigenvalue weighted by molar-refractivity contribution is 5.92. The van der Waals surface area contributed by atoms with Crippen LogP contribution in [0.1, 0.15) is 30.3 Å². The van der Waals surface area contributed by atoms with Gasteiger partial charge in [-0.15, -0.1) is 0 Å². The number of rotatable bonds is 4. The highest BCUT2D eigenvalue weighted by Gasteiger charge is 2.33. The molecule has 0 radical (unpaired) electrons. The Kier molecular flexibility index (Phi) is 4.51. The van der Waals surface area contributed by atoms with Gasteiger partial charge >= 0.3 is 0 Å². The van der Waals surface area contributed by atoms with E-state index in [1.165, 1.54) is 21.7 Å². The minimum atomic E-state index is -0.926. The van der Waals surface area contributed by atoms with Gasteiger partial charge in [0, 0.05) is 25.7 Å². The molecule has 0 unspecified atom stereocenters. The maximum atomic E-state index is 12.2. The van der Waals surface area contributed by atoms with E-state index >= 15 is 0 Å². The molecule has 1 aromatic rings. The first kappa shape index (κ1) is 14.7. The number of carbonyl (C=O) groups is 1. The first-order valence-corrected chi connectivity index (χ1v) is 6.76. The fourth-order valence-corrected chi connectivity index (χ4v) is 2.13. The monoisotopic (exact) mass is 281 g/mol. The first-order chi connectivity index (χ1) is 9.52. The van der Waals surface area contributed by atoms with Gasteiger partial charge in [0.15, 0.2) is 0 Å². The molecule has 7 heteroatoms. The lowest BCUT2D eigenvalue weighted by Crippen LogP contribution is -2.33. The van der Waals surface area contributed by atoms with Crippen LogP contribution in [0.4, 0.5) is 0 Å². The predicted molar refractivity (Wildman–Crippen MR) is 71.3 cm³/mol. The highest BCUT2D eigenvalue weighted by Crippen LogP contribution is 2.12. The highest BCUT2D eigenvalue weighted by atomic mass is 16.3. The van der Waals surface area contributed by atoms with Crippen LogP contribution in [0.5, 0.6) is 0 Å². The second-order valence-corrected chi connectivity index (χ2v) is 4.98. The normalized spacial score (nSPS) is 22.2. The zero-order valence-corrected chi connectivity index (χ0v) is 11.4. The van der Waals surface area contributed by atoms with Crippen molar-refractivity contribution in [3.8, 4) is 0 Å². The number of carbonyl (C=O) groups excluding carboxylic acids is 1. The molecule has 1 aromatic heterocycles. The van der Waals surface area contributed by atoms with E-state index in [-0.39, 0.29) is 30.2 Å². The lowest BCUT2D eigenvalue weighted by atomic mass is 10.3. The number of unbranched alkanes of at least 4 members (excludes halogenated alkanes) is 1. The maximum Gasteiger partial charge on any atom is 0.274 e. The van der Waals surface area contributed by atoms with E-state index in [1.807, 2.05) is 6.92 Å². The number of amides is 1. The Bertz CT molecular complexity index is 533. The zero-order valence-electron chi connectivity index (χ0n) is 11.4. The third-order valence-corrected chi connectivity index (χ3v) is 3.36. The number of β-amino-alcohol motifs (C(OH)–C–C–N with tert-alkyl or cyclic N) is 2. The van der Waals surface area contributed by atoms with E-state index in [9.17, 15) is 19.8 Å². The standard InChI is InChI=1S/C13H19N3O4/c1-2-3-6-16-12(19)5-4-9(14-16)13(20)15-7-10(17)11(18)8-15/h4-5,10-11,17-18H,2-3,6-8H2,1H3/t10-,11+. The predicted octanol–water partition coefficient (Wildman–Crippen LogP) is -0.779. The van der Waals surface area contributed by atoms with E-state index < -0.39 is 12.2 Å². The molecular weight excluding hydrogens is 262 g/mol. The molecule has 20 heavy (non-hydrogen) atoms. The van der Waals surface area contributed by atoms with Gasteiger partial charge in [-0.05, 0) is 12.5 Å². The van der Waals surface area contributed by atoms with Gasteiger partial charge in [-0.25, -0.2) is 4.68 Å². The SMILES string of the molecule is CCCCn1nc(C(=O)N2C[C@@H](O)[C@@H](O)C2)ccc1=O. The van der Waals surface area contributed by atoms with Crippen LogP contribution in [0.2, 0.25) is 0 Å². The second kappa shape index (κ2) is 6.15. The summed E-state index contributed by atoms with van der Waals surface area (Å²) in [4.78, 5) is 25.2. The molecule has 1 amide bonds. The summed E-state index contributed by atoms with van der Waals surface area (Å²) in [5.74, 6) is -0.383. The zero-order chi connectivity index (χ0) is 14.7. The fraction of sp³-hybridized carbons (Fsp3) is 0.615. The number of aliphatic hydroxyl groups excluding tert-OH is 2. The molecule has 2 atom stereocenters. The van der Waals surface area contributed by atoms with Crippen molar-refractivity contribution in [2.45, 2.75) is 38.5 Å². The van der Waals surface area contributed by atoms with Gasteiger partial charge in [-0.1, -0.05) is 13.3 Å². The molecule has 7 nitrogen and oxygen atoms in total. The third kappa shape index (κ3) is 3.05. The van der Waals surface area contributed by atoms with Crippen LogP contribution in [0.3, 0.4) is 0 Å². The minimum absolute atomic E-state index is 0.0791. The van der Waals surface area contributed by atoms with Crippen molar-refractivity contribution in [2.24, 2.45) is 0 Å². The molecule has 2 rings (SSSR count). The summed E-state index contributed by atoms with van der Waals surface area (Å²) in [5, 5.41) is 23.0. The summed E-state index contributed by atoms with van der Waals surface area (Å²) in [7, 11) is 0. The van der Waals surface area contributed by atoms with Crippen molar-refractivity contribution in [1.82, 2.24) is 14.7 Å². The summed E-state index contributed by atoms with van der Waals surface area (Å²) >= 11 is 0. The summed E-state index contributed by atoms with van der Waals surface area (Å²) in [6.07, 6.45) is -0.113. The second-order valence-electron chi connectivity index (χ2n) is 4.98. The van der Waals surface area contributed by atoms with Crippen molar-refractivity contribution >= 4 is 5.91 Å². The smallest absolute Gasteiger partial charge is 0.274 e. The lowest BCUT2D eigenvalue weighted by Gasteiger charge is -2.15. The Morgan fingerprint density at radius 1 is 1.35 bits per heavy atom. The summed E-state index contributed by atoms with van der Waals surface area (Å²) in [6.45, 7) is 2.64. The minimum Gasteiger partial charge on any atom is -0.388 e. The fourth-order valence-electron chi connectivity index (χ4n) is 2.13. The van der Waals surface area contributed by atoms with Crippen molar-refractivity contribution in [3.63, 3.8) is 0 Å². The number of nitrogens with zero attached hydrogens (tertiary/aromatic N) is 3. The molecule has 1 fully saturated rings. The van der Waals surface area contributed by atoms with Crippen molar-refractivity contribution in [3.05, 3.63) is 28.2 Å². The Labute approximate surface area is 116 Å². The number of likely N-dealkylation sites (tertiary alicyclic amines) is 1. The van der Waals surface area contributed by atoms with E-state index in [0.29, 0.717) is 6.54 Å². The number of aryl methyl sites for hydroxylation is 1. The Hall–Kier alpha value is -1.73. The van der Waals surface area contributed by atoms with Crippen LogP contribution in [0.15, 0.2) is 16.9 Å². The number of hydrogen-bond acceptors (Lipinski definition) is 5. The van der Waals surface area contributed by atoms with Gasteiger partial charge in [0.1, 0.15) is 5.69 Å². The van der Waals surface area contributed by atoms with Gasteiger partial charge < -0.3 is 15.1 Å². The van der Waals surface area contributed by atoms with Crippen LogP contribution < -0.4 is 5.56 Å². The van der Waals surface area contributed by atoms with Crippen LogP contribution >= 0.6 is 0 Å². The molecule has 0 bridgehead atoms. The van der Waals surface area contributed by atoms with Crippen molar-refractivity contribution in [2.75, 3.05) is 13.1 Å². The van der Waals surface area contributed by atoms with Crippen LogP contribution in [-0.2, 0) is 6.54 Å². The van der Waals surface area contributed by atoms with Gasteiger partial charge in [0.2, 0.25) is 0 Å². The third-order valence-electron chi connectivity index (χ3n) is 3.36. The van der Waals surface area contributed by atoms with Gasteiger partial charge in [-0.2, -0.15) is 5.10 Å². The number of aromatic nitrogens is 2. The molecule has 2 heterocycles. The van der Waals surface area contributed by atoms with Crippen molar-refractivity contribution in [1.29, 1.82) is 0 Å². The molecule has 0 saturated carbocycles. The van der Waals surface area contributed by atoms with Gasteiger partial charge in [0.05, 0.1) is 12.2 Å². The topological polar surface area (TPSA) is 95.7 Å². The lowest BCUT2D eigenvalue weighted by molar-refractivity contribution is 0.0572. The van der Waals surface area contributed by atoms with Gasteiger partial charge in [-0.3, -0.25) is 9.59 Å². The van der Waals surface area contributed by atoms with Crippen LogP contribution in [-0.4, -0.2) is 56.1 Å². The Morgan fingerprint density at radius 3 is 2.60 bits per heavy atom. The largest absolute Gasteiger partial charge is 0.388 e. The first-order valence-electron chi connectivity index (χ1n) is 6.76. The molecular formula is C13H19N3O4. The van der Waals surface area contributed by atoms with Crippen LogP contribution in [0, 0.1) is 0 Å². The molecule has 2 N–H and O–H groups in total. The van der Waals surface area contributed by atoms with Gasteiger partial charge in [0.25, 0.3) is 11.5 Å². The number of hydrogen-bond donors (Lipinski definition) is 2. The summed E-state index contributed by atoms with van der Waals surface area (Å²) in [5.41, 5.74) is -0.0847. The molecule has 1 saturated heterocycles. The summed E-state index contributed by atoms with van der Waals surface area (Å²) < 4.78 is 1.28. The molecule has 1 aliphatic heterocycles. The summed E-state index contributed by atoms with van der Waals surface area (Å²) in [6, 6.07) is 2.70. The average molecular weight is 281 g/mol. The molecule has 110 valence electrons. The van der Waals surface area contributed by atoms with E-state index in [2.05, 4.69) is 5.10 Å². The molecule has 0 aliphatic carbocycles. The Balaban J connectivity index is 2.16. The maximum absolute atomic E-state index is 12.2. The van der Waals surface area contributed by atoms with Crippen LogP contribution in [0.25, 0.3) is 0 Å². The number of aliphatic hydroxyl groups is 2. The van der Waals surface area contributed by atoms with E-state index in [4.69, 9.17) is 0 Å². The Morgan fingerprint density at radius 2 is 2.00 bits per heavy atom. The van der Waals surface area contributed by atoms with Crippen molar-refractivity contribution < 1.29 is 15.0 Å². The molecule has 1 aliphatic rings.